The average Bonchev–Trinajstić information content (AvgIpc) is 3.48. The Morgan fingerprint density at radius 2 is 2.22 bits per heavy atom. The van der Waals surface area contributed by atoms with E-state index in [1.54, 1.807) is 25.6 Å². The molecule has 0 radical (unpaired) electrons. The molecule has 4 rings (SSSR count). The molecule has 1 aliphatic heterocycles. The third-order valence-corrected chi connectivity index (χ3v) is 6.03. The lowest BCUT2D eigenvalue weighted by Gasteiger charge is -2.16. The van der Waals surface area contributed by atoms with Gasteiger partial charge in [-0.1, -0.05) is 23.5 Å². The quantitative estimate of drug-likeness (QED) is 0.519. The van der Waals surface area contributed by atoms with Crippen molar-refractivity contribution in [2.24, 2.45) is 5.92 Å². The Morgan fingerprint density at radius 3 is 3.00 bits per heavy atom. The molecule has 1 N–H and O–H groups in total. The summed E-state index contributed by atoms with van der Waals surface area (Å²) < 4.78 is 11.0. The van der Waals surface area contributed by atoms with Gasteiger partial charge in [0, 0.05) is 26.1 Å². The largest absolute Gasteiger partial charge is 0.497 e. The molecule has 168 valence electrons. The number of anilines is 2. The number of benzene rings is 1. The molecular formula is C21H25N7O3S. The Labute approximate surface area is 190 Å². The SMILES string of the molecule is CCO[C@H](C(=O)Nc1nnc(C[C@@H]2CCN(c3nccnn3)C2)s1)c1cccc(OC)c1. The van der Waals surface area contributed by atoms with Crippen LogP contribution in [0, 0.1) is 5.92 Å². The number of hydrogen-bond donors (Lipinski definition) is 1. The molecule has 10 nitrogen and oxygen atoms in total. The second-order valence-electron chi connectivity index (χ2n) is 7.35. The van der Waals surface area contributed by atoms with Gasteiger partial charge in [0.05, 0.1) is 19.5 Å². The summed E-state index contributed by atoms with van der Waals surface area (Å²) in [5, 5.41) is 20.6. The molecule has 0 bridgehead atoms. The van der Waals surface area contributed by atoms with Crippen molar-refractivity contribution in [3.63, 3.8) is 0 Å². The molecule has 3 aromatic rings. The fraction of sp³-hybridized carbons (Fsp3) is 0.429. The summed E-state index contributed by atoms with van der Waals surface area (Å²) in [4.78, 5) is 19.3. The Balaban J connectivity index is 1.36. The topological polar surface area (TPSA) is 115 Å². The maximum absolute atomic E-state index is 12.9. The van der Waals surface area contributed by atoms with E-state index in [1.807, 2.05) is 25.1 Å². The van der Waals surface area contributed by atoms with Crippen LogP contribution in [0.25, 0.3) is 0 Å². The number of carbonyl (C=O) groups is 1. The van der Waals surface area contributed by atoms with Crippen LogP contribution in [0.4, 0.5) is 11.1 Å². The molecule has 11 heteroatoms. The lowest BCUT2D eigenvalue weighted by Crippen LogP contribution is -2.23. The van der Waals surface area contributed by atoms with Gasteiger partial charge in [0.2, 0.25) is 11.1 Å². The molecule has 3 heterocycles. The van der Waals surface area contributed by atoms with Crippen molar-refractivity contribution in [1.29, 1.82) is 0 Å². The van der Waals surface area contributed by atoms with Gasteiger partial charge >= 0.3 is 0 Å². The highest BCUT2D eigenvalue weighted by Crippen LogP contribution is 2.27. The molecule has 1 aromatic carbocycles. The molecular weight excluding hydrogens is 430 g/mol. The molecule has 0 saturated carbocycles. The lowest BCUT2D eigenvalue weighted by molar-refractivity contribution is -0.127. The second-order valence-corrected chi connectivity index (χ2v) is 8.41. The fourth-order valence-corrected chi connectivity index (χ4v) is 4.52. The number of aromatic nitrogens is 5. The Hall–Kier alpha value is -3.18. The zero-order valence-electron chi connectivity index (χ0n) is 18.0. The molecule has 2 aromatic heterocycles. The van der Waals surface area contributed by atoms with Crippen LogP contribution in [-0.2, 0) is 16.0 Å². The van der Waals surface area contributed by atoms with Crippen LogP contribution in [0.3, 0.4) is 0 Å². The summed E-state index contributed by atoms with van der Waals surface area (Å²) in [5.41, 5.74) is 0.720. The fourth-order valence-electron chi connectivity index (χ4n) is 3.67. The van der Waals surface area contributed by atoms with Crippen molar-refractivity contribution >= 4 is 28.3 Å². The van der Waals surface area contributed by atoms with Crippen LogP contribution in [0.2, 0.25) is 0 Å². The lowest BCUT2D eigenvalue weighted by atomic mass is 10.1. The first-order valence-corrected chi connectivity index (χ1v) is 11.2. The van der Waals surface area contributed by atoms with Crippen LogP contribution >= 0.6 is 11.3 Å². The van der Waals surface area contributed by atoms with E-state index in [0.717, 1.165) is 36.5 Å². The number of ether oxygens (including phenoxy) is 2. The minimum Gasteiger partial charge on any atom is -0.497 e. The van der Waals surface area contributed by atoms with E-state index in [4.69, 9.17) is 9.47 Å². The molecule has 1 aliphatic rings. The molecule has 0 spiro atoms. The first kappa shape index (κ1) is 22.0. The third-order valence-electron chi connectivity index (χ3n) is 5.17. The highest BCUT2D eigenvalue weighted by molar-refractivity contribution is 7.15. The summed E-state index contributed by atoms with van der Waals surface area (Å²) in [5.74, 6) is 1.45. The van der Waals surface area contributed by atoms with Gasteiger partial charge in [-0.25, -0.2) is 4.98 Å². The van der Waals surface area contributed by atoms with Gasteiger partial charge in [-0.15, -0.1) is 15.3 Å². The normalized spacial score (nSPS) is 16.7. The standard InChI is InChI=1S/C21H25N7O3S/c1-3-31-18(15-5-4-6-16(12-15)30-2)19(29)24-21-27-25-17(32-21)11-14-7-10-28(13-14)20-22-8-9-23-26-20/h4-6,8-9,12,14,18H,3,7,10-11,13H2,1-2H3,(H,24,27,29)/t14-,18-/m0/s1. The molecule has 1 saturated heterocycles. The van der Waals surface area contributed by atoms with Gasteiger partial charge in [0.1, 0.15) is 10.8 Å². The van der Waals surface area contributed by atoms with Crippen molar-refractivity contribution in [1.82, 2.24) is 25.4 Å². The maximum atomic E-state index is 12.9. The second kappa shape index (κ2) is 10.4. The number of nitrogens with one attached hydrogen (secondary N) is 1. The monoisotopic (exact) mass is 455 g/mol. The van der Waals surface area contributed by atoms with Crippen molar-refractivity contribution in [3.05, 3.63) is 47.2 Å². The number of carbonyl (C=O) groups excluding carboxylic acids is 1. The van der Waals surface area contributed by atoms with E-state index >= 15 is 0 Å². The average molecular weight is 456 g/mol. The van der Waals surface area contributed by atoms with Crippen molar-refractivity contribution in [3.8, 4) is 5.75 Å². The predicted molar refractivity (Wildman–Crippen MR) is 120 cm³/mol. The zero-order valence-corrected chi connectivity index (χ0v) is 18.8. The van der Waals surface area contributed by atoms with Gasteiger partial charge in [-0.05, 0) is 37.0 Å². The molecule has 1 fully saturated rings. The van der Waals surface area contributed by atoms with Gasteiger partial charge in [0.25, 0.3) is 5.91 Å². The number of nitrogens with zero attached hydrogens (tertiary/aromatic N) is 6. The van der Waals surface area contributed by atoms with Gasteiger partial charge < -0.3 is 14.4 Å². The Kier molecular flexibility index (Phi) is 7.17. The highest BCUT2D eigenvalue weighted by atomic mass is 32.1. The van der Waals surface area contributed by atoms with Crippen molar-refractivity contribution in [2.45, 2.75) is 25.9 Å². The van der Waals surface area contributed by atoms with E-state index in [-0.39, 0.29) is 5.91 Å². The zero-order chi connectivity index (χ0) is 22.3. The van der Waals surface area contributed by atoms with Crippen LogP contribution in [-0.4, -0.2) is 58.1 Å². The smallest absolute Gasteiger partial charge is 0.259 e. The van der Waals surface area contributed by atoms with E-state index in [2.05, 4.69) is 35.6 Å². The van der Waals surface area contributed by atoms with Gasteiger partial charge in [0.15, 0.2) is 6.10 Å². The maximum Gasteiger partial charge on any atom is 0.259 e. The van der Waals surface area contributed by atoms with Crippen LogP contribution < -0.4 is 15.0 Å². The summed E-state index contributed by atoms with van der Waals surface area (Å²) in [6.45, 7) is 3.98. The van der Waals surface area contributed by atoms with Crippen LogP contribution in [0.5, 0.6) is 5.75 Å². The summed E-state index contributed by atoms with van der Waals surface area (Å²) in [6, 6.07) is 7.29. The van der Waals surface area contributed by atoms with Crippen LogP contribution in [0.1, 0.15) is 30.0 Å². The highest BCUT2D eigenvalue weighted by Gasteiger charge is 2.27. The first-order valence-electron chi connectivity index (χ1n) is 10.4. The number of methoxy groups -OCH3 is 1. The number of amides is 1. The summed E-state index contributed by atoms with van der Waals surface area (Å²) in [7, 11) is 1.59. The third kappa shape index (κ3) is 5.35. The molecule has 0 unspecified atom stereocenters. The molecule has 0 aliphatic carbocycles. The molecule has 2 atom stereocenters. The summed E-state index contributed by atoms with van der Waals surface area (Å²) in [6.07, 6.45) is 4.26. The molecule has 1 amide bonds. The number of hydrogen-bond acceptors (Lipinski definition) is 10. The van der Waals surface area contributed by atoms with Crippen molar-refractivity contribution < 1.29 is 14.3 Å². The minimum atomic E-state index is -0.759. The van der Waals surface area contributed by atoms with E-state index in [1.165, 1.54) is 11.3 Å². The summed E-state index contributed by atoms with van der Waals surface area (Å²) >= 11 is 1.39. The van der Waals surface area contributed by atoms with E-state index in [0.29, 0.717) is 29.4 Å². The Bertz CT molecular complexity index is 1030. The van der Waals surface area contributed by atoms with Crippen LogP contribution in [0.15, 0.2) is 36.7 Å². The van der Waals surface area contributed by atoms with E-state index < -0.39 is 6.10 Å². The van der Waals surface area contributed by atoms with Crippen molar-refractivity contribution in [2.75, 3.05) is 37.0 Å². The van der Waals surface area contributed by atoms with E-state index in [9.17, 15) is 4.79 Å². The molecule has 32 heavy (non-hydrogen) atoms. The van der Waals surface area contributed by atoms with Gasteiger partial charge in [-0.3, -0.25) is 10.1 Å². The van der Waals surface area contributed by atoms with Gasteiger partial charge in [-0.2, -0.15) is 5.10 Å². The minimum absolute atomic E-state index is 0.288. The number of rotatable bonds is 9. The predicted octanol–water partition coefficient (Wildman–Crippen LogP) is 2.52. The first-order chi connectivity index (χ1) is 15.7. The Morgan fingerprint density at radius 1 is 1.31 bits per heavy atom.